The molecule has 19 heavy (non-hydrogen) atoms. The van der Waals surface area contributed by atoms with Crippen molar-refractivity contribution in [3.63, 3.8) is 0 Å². The Morgan fingerprint density at radius 3 is 2.53 bits per heavy atom. The first-order valence-electron chi connectivity index (χ1n) is 6.98. The first-order valence-corrected chi connectivity index (χ1v) is 6.98. The van der Waals surface area contributed by atoms with E-state index in [9.17, 15) is 5.11 Å². The summed E-state index contributed by atoms with van der Waals surface area (Å²) in [6, 6.07) is 0. The van der Waals surface area contributed by atoms with Gasteiger partial charge in [-0.3, -0.25) is 0 Å². The largest absolute Gasteiger partial charge is 0.394 e. The highest BCUT2D eigenvalue weighted by molar-refractivity contribution is 5.57. The minimum Gasteiger partial charge on any atom is -0.394 e. The van der Waals surface area contributed by atoms with E-state index >= 15 is 0 Å². The van der Waals surface area contributed by atoms with Gasteiger partial charge in [0.05, 0.1) is 12.1 Å². The van der Waals surface area contributed by atoms with E-state index in [2.05, 4.69) is 27.5 Å². The molecular formula is C14H24N4O. The van der Waals surface area contributed by atoms with Crippen LogP contribution in [0.25, 0.3) is 0 Å². The molecule has 0 spiro atoms. The van der Waals surface area contributed by atoms with Crippen molar-refractivity contribution in [3.05, 3.63) is 11.9 Å². The third-order valence-corrected chi connectivity index (χ3v) is 4.24. The van der Waals surface area contributed by atoms with E-state index in [0.717, 1.165) is 48.8 Å². The smallest absolute Gasteiger partial charge is 0.134 e. The van der Waals surface area contributed by atoms with Gasteiger partial charge in [0.15, 0.2) is 0 Å². The molecule has 1 aliphatic carbocycles. The lowest BCUT2D eigenvalue weighted by molar-refractivity contribution is 0.155. The number of hydrogen-bond acceptors (Lipinski definition) is 5. The van der Waals surface area contributed by atoms with Crippen molar-refractivity contribution in [2.45, 2.75) is 45.1 Å². The van der Waals surface area contributed by atoms with Gasteiger partial charge < -0.3 is 15.7 Å². The van der Waals surface area contributed by atoms with Gasteiger partial charge in [-0.05, 0) is 38.5 Å². The second kappa shape index (κ2) is 5.74. The molecule has 0 unspecified atom stereocenters. The number of anilines is 2. The zero-order valence-electron chi connectivity index (χ0n) is 12.0. The summed E-state index contributed by atoms with van der Waals surface area (Å²) in [6.07, 6.45) is 5.83. The van der Waals surface area contributed by atoms with Gasteiger partial charge >= 0.3 is 0 Å². The van der Waals surface area contributed by atoms with Gasteiger partial charge in [-0.1, -0.05) is 6.92 Å². The topological polar surface area (TPSA) is 70.1 Å². The van der Waals surface area contributed by atoms with Crippen LogP contribution in [0.4, 0.5) is 11.6 Å². The van der Waals surface area contributed by atoms with Crippen LogP contribution < -0.4 is 10.6 Å². The van der Waals surface area contributed by atoms with Crippen molar-refractivity contribution < 1.29 is 5.11 Å². The maximum Gasteiger partial charge on any atom is 0.134 e. The quantitative estimate of drug-likeness (QED) is 0.777. The molecule has 1 saturated carbocycles. The third-order valence-electron chi connectivity index (χ3n) is 4.24. The Bertz CT molecular complexity index is 427. The maximum absolute atomic E-state index is 9.78. The van der Waals surface area contributed by atoms with Crippen LogP contribution >= 0.6 is 0 Å². The van der Waals surface area contributed by atoms with Gasteiger partial charge in [0.2, 0.25) is 0 Å². The van der Waals surface area contributed by atoms with Gasteiger partial charge in [-0.25, -0.2) is 9.97 Å². The highest BCUT2D eigenvalue weighted by Crippen LogP contribution is 2.35. The highest BCUT2D eigenvalue weighted by Gasteiger charge is 2.34. The molecule has 0 atom stereocenters. The van der Waals surface area contributed by atoms with E-state index < -0.39 is 0 Å². The summed E-state index contributed by atoms with van der Waals surface area (Å²) >= 11 is 0. The van der Waals surface area contributed by atoms with Gasteiger partial charge in [0.1, 0.15) is 18.0 Å². The molecule has 1 aromatic rings. The van der Waals surface area contributed by atoms with Gasteiger partial charge in [0.25, 0.3) is 0 Å². The highest BCUT2D eigenvalue weighted by atomic mass is 16.3. The fraction of sp³-hybridized carbons (Fsp3) is 0.714. The molecule has 0 aliphatic heterocycles. The summed E-state index contributed by atoms with van der Waals surface area (Å²) in [6.45, 7) is 4.42. The van der Waals surface area contributed by atoms with Crippen molar-refractivity contribution in [1.82, 2.24) is 9.97 Å². The number of nitrogens with zero attached hydrogens (tertiary/aromatic N) is 2. The number of nitrogens with one attached hydrogen (secondary N) is 2. The molecule has 5 heteroatoms. The van der Waals surface area contributed by atoms with Crippen molar-refractivity contribution in [1.29, 1.82) is 0 Å². The first kappa shape index (κ1) is 14.1. The van der Waals surface area contributed by atoms with Crippen molar-refractivity contribution in [2.24, 2.45) is 5.92 Å². The van der Waals surface area contributed by atoms with Crippen LogP contribution in [0.1, 0.15) is 38.2 Å². The molecule has 0 radical (unpaired) electrons. The summed E-state index contributed by atoms with van der Waals surface area (Å²) in [7, 11) is 1.85. The normalized spacial score (nSPS) is 27.1. The summed E-state index contributed by atoms with van der Waals surface area (Å²) in [5.41, 5.74) is 0.771. The first-order chi connectivity index (χ1) is 9.10. The summed E-state index contributed by atoms with van der Waals surface area (Å²) < 4.78 is 0. The van der Waals surface area contributed by atoms with E-state index in [1.165, 1.54) is 0 Å². The molecule has 0 saturated heterocycles. The zero-order valence-corrected chi connectivity index (χ0v) is 12.0. The minimum absolute atomic E-state index is 0.151. The number of hydrogen-bond donors (Lipinski definition) is 3. The second-order valence-electron chi connectivity index (χ2n) is 5.69. The van der Waals surface area contributed by atoms with Crippen molar-refractivity contribution in [2.75, 3.05) is 24.3 Å². The van der Waals surface area contributed by atoms with E-state index in [1.807, 2.05) is 14.0 Å². The maximum atomic E-state index is 9.78. The molecule has 1 heterocycles. The van der Waals surface area contributed by atoms with E-state index in [1.54, 1.807) is 6.33 Å². The third kappa shape index (κ3) is 2.97. The predicted molar refractivity (Wildman–Crippen MR) is 77.4 cm³/mol. The number of aliphatic hydroxyl groups excluding tert-OH is 1. The fourth-order valence-corrected chi connectivity index (χ4v) is 2.72. The number of rotatable bonds is 4. The Morgan fingerprint density at radius 1 is 1.32 bits per heavy atom. The van der Waals surface area contributed by atoms with Gasteiger partial charge in [-0.2, -0.15) is 0 Å². The lowest BCUT2D eigenvalue weighted by Gasteiger charge is -2.39. The Labute approximate surface area is 114 Å². The molecule has 0 amide bonds. The van der Waals surface area contributed by atoms with Crippen LogP contribution in [0.15, 0.2) is 6.33 Å². The number of aromatic nitrogens is 2. The number of aliphatic hydroxyl groups is 1. The molecule has 1 aromatic heterocycles. The monoisotopic (exact) mass is 264 g/mol. The SMILES string of the molecule is CNc1ncnc(NC2(CO)CCC(C)CC2)c1C. The lowest BCUT2D eigenvalue weighted by atomic mass is 9.77. The van der Waals surface area contributed by atoms with E-state index in [0.29, 0.717) is 0 Å². The van der Waals surface area contributed by atoms with Crippen LogP contribution in [-0.4, -0.2) is 34.3 Å². The van der Waals surface area contributed by atoms with Crippen molar-refractivity contribution >= 4 is 11.6 Å². The van der Waals surface area contributed by atoms with Crippen LogP contribution in [0.5, 0.6) is 0 Å². The zero-order chi connectivity index (χ0) is 13.9. The molecule has 1 aliphatic rings. The standard InChI is InChI=1S/C14H24N4O/c1-10-4-6-14(8-19,7-5-10)18-13-11(2)12(15-3)16-9-17-13/h9-10,19H,4-8H2,1-3H3,(H2,15,16,17,18). The summed E-state index contributed by atoms with van der Waals surface area (Å²) in [5, 5.41) is 16.3. The fourth-order valence-electron chi connectivity index (χ4n) is 2.72. The van der Waals surface area contributed by atoms with Crippen LogP contribution in [0.3, 0.4) is 0 Å². The molecule has 106 valence electrons. The molecule has 2 rings (SSSR count). The van der Waals surface area contributed by atoms with Crippen LogP contribution in [0, 0.1) is 12.8 Å². The predicted octanol–water partition coefficient (Wildman–Crippen LogP) is 2.18. The Hall–Kier alpha value is -1.36. The Kier molecular flexibility index (Phi) is 4.24. The molecule has 0 bridgehead atoms. The summed E-state index contributed by atoms with van der Waals surface area (Å²) in [5.74, 6) is 2.40. The van der Waals surface area contributed by atoms with Crippen LogP contribution in [0.2, 0.25) is 0 Å². The average molecular weight is 264 g/mol. The lowest BCUT2D eigenvalue weighted by Crippen LogP contribution is -2.45. The Morgan fingerprint density at radius 2 is 1.95 bits per heavy atom. The average Bonchev–Trinajstić information content (AvgIpc) is 2.44. The van der Waals surface area contributed by atoms with Crippen LogP contribution in [-0.2, 0) is 0 Å². The van der Waals surface area contributed by atoms with Crippen molar-refractivity contribution in [3.8, 4) is 0 Å². The molecule has 1 fully saturated rings. The molecular weight excluding hydrogens is 240 g/mol. The Balaban J connectivity index is 2.19. The second-order valence-corrected chi connectivity index (χ2v) is 5.69. The summed E-state index contributed by atoms with van der Waals surface area (Å²) in [4.78, 5) is 8.51. The molecule has 5 nitrogen and oxygen atoms in total. The van der Waals surface area contributed by atoms with E-state index in [4.69, 9.17) is 0 Å². The molecule has 3 N–H and O–H groups in total. The van der Waals surface area contributed by atoms with Gasteiger partial charge in [0, 0.05) is 12.6 Å². The van der Waals surface area contributed by atoms with Gasteiger partial charge in [-0.15, -0.1) is 0 Å². The minimum atomic E-state index is -0.226. The molecule has 0 aromatic carbocycles. The van der Waals surface area contributed by atoms with E-state index in [-0.39, 0.29) is 12.1 Å².